The van der Waals surface area contributed by atoms with E-state index in [2.05, 4.69) is 15.5 Å². The summed E-state index contributed by atoms with van der Waals surface area (Å²) in [4.78, 5) is 23.3. The van der Waals surface area contributed by atoms with Gasteiger partial charge in [-0.05, 0) is 12.1 Å². The van der Waals surface area contributed by atoms with Gasteiger partial charge < -0.3 is 9.73 Å². The highest BCUT2D eigenvalue weighted by molar-refractivity contribution is 7.99. The van der Waals surface area contributed by atoms with E-state index in [1.165, 1.54) is 29.5 Å². The van der Waals surface area contributed by atoms with Crippen molar-refractivity contribution in [3.63, 3.8) is 0 Å². The molecule has 8 nitrogen and oxygen atoms in total. The number of thioether (sulfide) groups is 1. The number of benzene rings is 2. The number of para-hydroxylation sites is 2. The van der Waals surface area contributed by atoms with Gasteiger partial charge in [-0.3, -0.25) is 14.9 Å². The number of nitrogens with one attached hydrogen (secondary N) is 1. The molecule has 0 radical (unpaired) electrons. The zero-order valence-corrected chi connectivity index (χ0v) is 16.9. The van der Waals surface area contributed by atoms with E-state index >= 15 is 0 Å². The molecule has 4 aromatic rings. The van der Waals surface area contributed by atoms with Gasteiger partial charge in [0.2, 0.25) is 5.91 Å². The number of hydrogen-bond acceptors (Lipinski definition) is 8. The Bertz CT molecular complexity index is 1220. The molecule has 0 atom stereocenters. The van der Waals surface area contributed by atoms with E-state index in [4.69, 9.17) is 16.0 Å². The van der Waals surface area contributed by atoms with Gasteiger partial charge in [-0.15, -0.1) is 21.5 Å². The Balaban J connectivity index is 1.44. The predicted molar refractivity (Wildman–Crippen MR) is 113 cm³/mol. The molecular formula is C18H11ClN4O4S2. The summed E-state index contributed by atoms with van der Waals surface area (Å²) >= 11 is 8.89. The second-order valence-corrected chi connectivity index (χ2v) is 8.08. The number of fused-ring (bicyclic) bond motifs is 1. The second kappa shape index (κ2) is 8.19. The van der Waals surface area contributed by atoms with Crippen molar-refractivity contribution in [2.45, 2.75) is 5.22 Å². The van der Waals surface area contributed by atoms with Crippen LogP contribution in [0.4, 0.5) is 11.4 Å². The highest BCUT2D eigenvalue weighted by Gasteiger charge is 2.19. The Hall–Kier alpha value is -2.95. The lowest BCUT2D eigenvalue weighted by Gasteiger charge is -2.04. The Kier molecular flexibility index (Phi) is 5.47. The Morgan fingerprint density at radius 2 is 1.97 bits per heavy atom. The number of amides is 1. The van der Waals surface area contributed by atoms with Gasteiger partial charge in [0.05, 0.1) is 15.7 Å². The summed E-state index contributed by atoms with van der Waals surface area (Å²) in [5, 5.41) is 23.1. The maximum Gasteiger partial charge on any atom is 0.292 e. The molecule has 1 N–H and O–H groups in total. The van der Waals surface area contributed by atoms with Crippen molar-refractivity contribution in [2.75, 3.05) is 11.1 Å². The number of thiophene rings is 1. The highest BCUT2D eigenvalue weighted by atomic mass is 35.5. The third-order valence-electron chi connectivity index (χ3n) is 3.84. The van der Waals surface area contributed by atoms with Crippen LogP contribution < -0.4 is 5.32 Å². The molecule has 0 saturated heterocycles. The number of aromatic nitrogens is 2. The van der Waals surface area contributed by atoms with Crippen molar-refractivity contribution < 1.29 is 14.1 Å². The van der Waals surface area contributed by atoms with Crippen LogP contribution in [0.3, 0.4) is 0 Å². The monoisotopic (exact) mass is 446 g/mol. The highest BCUT2D eigenvalue weighted by Crippen LogP contribution is 2.41. The minimum atomic E-state index is -0.554. The first-order valence-corrected chi connectivity index (χ1v) is 10.4. The number of nitro benzene ring substituents is 1. The largest absolute Gasteiger partial charge is 0.410 e. The second-order valence-electron chi connectivity index (χ2n) is 5.73. The Morgan fingerprint density at radius 1 is 1.21 bits per heavy atom. The number of nitro groups is 1. The molecule has 0 aliphatic carbocycles. The van der Waals surface area contributed by atoms with Crippen LogP contribution in [-0.4, -0.2) is 26.8 Å². The average molecular weight is 447 g/mol. The maximum atomic E-state index is 12.1. The van der Waals surface area contributed by atoms with Crippen molar-refractivity contribution in [1.82, 2.24) is 10.2 Å². The molecule has 146 valence electrons. The number of carbonyl (C=O) groups excluding carboxylic acids is 1. The minimum Gasteiger partial charge on any atom is -0.410 e. The van der Waals surface area contributed by atoms with Gasteiger partial charge in [-0.25, -0.2) is 0 Å². The summed E-state index contributed by atoms with van der Waals surface area (Å²) in [6.45, 7) is 0. The summed E-state index contributed by atoms with van der Waals surface area (Å²) in [6, 6.07) is 13.6. The van der Waals surface area contributed by atoms with Gasteiger partial charge in [-0.2, -0.15) is 0 Å². The molecule has 11 heteroatoms. The molecule has 1 amide bonds. The number of nitrogens with zero attached hydrogens (tertiary/aromatic N) is 3. The van der Waals surface area contributed by atoms with E-state index in [9.17, 15) is 14.9 Å². The Labute approximate surface area is 177 Å². The van der Waals surface area contributed by atoms with Crippen LogP contribution in [0, 0.1) is 10.1 Å². The first kappa shape index (κ1) is 19.4. The van der Waals surface area contributed by atoms with Crippen LogP contribution in [0.15, 0.2) is 58.2 Å². The summed E-state index contributed by atoms with van der Waals surface area (Å²) in [5.41, 5.74) is -0.0447. The molecule has 0 saturated carbocycles. The molecule has 29 heavy (non-hydrogen) atoms. The van der Waals surface area contributed by atoms with Crippen LogP contribution in [0.5, 0.6) is 0 Å². The van der Waals surface area contributed by atoms with Crippen LogP contribution in [0.1, 0.15) is 0 Å². The van der Waals surface area contributed by atoms with E-state index in [0.29, 0.717) is 9.90 Å². The average Bonchev–Trinajstić information content (AvgIpc) is 3.31. The first-order chi connectivity index (χ1) is 14.0. The number of hydrogen-bond donors (Lipinski definition) is 1. The van der Waals surface area contributed by atoms with E-state index in [1.54, 1.807) is 6.07 Å². The third kappa shape index (κ3) is 4.09. The van der Waals surface area contributed by atoms with Gasteiger partial charge in [0.1, 0.15) is 10.6 Å². The molecule has 4 rings (SSSR count). The number of carbonyl (C=O) groups is 1. The van der Waals surface area contributed by atoms with E-state index < -0.39 is 10.8 Å². The van der Waals surface area contributed by atoms with Gasteiger partial charge in [0, 0.05) is 16.2 Å². The third-order valence-corrected chi connectivity index (χ3v) is 6.32. The zero-order chi connectivity index (χ0) is 20.4. The molecule has 0 aliphatic heterocycles. The van der Waals surface area contributed by atoms with E-state index in [-0.39, 0.29) is 28.2 Å². The molecule has 0 fully saturated rings. The van der Waals surface area contributed by atoms with Crippen LogP contribution >= 0.6 is 34.7 Å². The van der Waals surface area contributed by atoms with Gasteiger partial charge in [0.25, 0.3) is 16.8 Å². The molecule has 2 heterocycles. The minimum absolute atomic E-state index is 0.0478. The topological polar surface area (TPSA) is 111 Å². The molecule has 0 bridgehead atoms. The predicted octanol–water partition coefficient (Wildman–Crippen LogP) is 5.24. The standard InChI is InChI=1S/C18H11ClN4O4S2/c19-15-10-5-1-4-8-13(10)29-16(15)17-21-22-18(27-17)28-9-14(24)20-11-6-2-3-7-12(11)23(25)26/h1-8H,9H2,(H,20,24). The van der Waals surface area contributed by atoms with Crippen molar-refractivity contribution in [3.05, 3.63) is 63.7 Å². The normalized spacial score (nSPS) is 10.9. The summed E-state index contributed by atoms with van der Waals surface area (Å²) in [5.74, 6) is -0.199. The molecule has 0 aliphatic rings. The molecule has 2 aromatic heterocycles. The first-order valence-electron chi connectivity index (χ1n) is 8.20. The van der Waals surface area contributed by atoms with Crippen LogP contribution in [0.25, 0.3) is 20.9 Å². The lowest BCUT2D eigenvalue weighted by atomic mass is 10.2. The van der Waals surface area contributed by atoms with E-state index in [1.807, 2.05) is 24.3 Å². The number of rotatable bonds is 6. The van der Waals surface area contributed by atoms with Crippen molar-refractivity contribution in [2.24, 2.45) is 0 Å². The fraction of sp³-hybridized carbons (Fsp3) is 0.0556. The fourth-order valence-corrected chi connectivity index (χ4v) is 4.56. The molecule has 2 aromatic carbocycles. The van der Waals surface area contributed by atoms with Crippen molar-refractivity contribution in [3.8, 4) is 10.8 Å². The maximum absolute atomic E-state index is 12.1. The Morgan fingerprint density at radius 3 is 2.76 bits per heavy atom. The number of halogens is 1. The van der Waals surface area contributed by atoms with Gasteiger partial charge in [0.15, 0.2) is 0 Å². The molecule has 0 unspecified atom stereocenters. The SMILES string of the molecule is O=C(CSc1nnc(-c2sc3ccccc3c2Cl)o1)Nc1ccccc1[N+](=O)[O-]. The smallest absolute Gasteiger partial charge is 0.292 e. The van der Waals surface area contributed by atoms with E-state index in [0.717, 1.165) is 21.8 Å². The molecule has 0 spiro atoms. The van der Waals surface area contributed by atoms with Crippen LogP contribution in [-0.2, 0) is 4.79 Å². The summed E-state index contributed by atoms with van der Waals surface area (Å²) in [6.07, 6.45) is 0. The summed E-state index contributed by atoms with van der Waals surface area (Å²) in [7, 11) is 0. The summed E-state index contributed by atoms with van der Waals surface area (Å²) < 4.78 is 6.62. The van der Waals surface area contributed by atoms with Crippen molar-refractivity contribution >= 4 is 62.1 Å². The van der Waals surface area contributed by atoms with Crippen LogP contribution in [0.2, 0.25) is 5.02 Å². The van der Waals surface area contributed by atoms with Crippen molar-refractivity contribution in [1.29, 1.82) is 0 Å². The van der Waals surface area contributed by atoms with Gasteiger partial charge in [-0.1, -0.05) is 53.7 Å². The quantitative estimate of drug-likeness (QED) is 0.245. The number of anilines is 1. The lowest BCUT2D eigenvalue weighted by Crippen LogP contribution is -2.15. The van der Waals surface area contributed by atoms with Gasteiger partial charge >= 0.3 is 0 Å². The molecular weight excluding hydrogens is 436 g/mol. The lowest BCUT2D eigenvalue weighted by molar-refractivity contribution is -0.383. The fourth-order valence-electron chi connectivity index (χ4n) is 2.56. The zero-order valence-electron chi connectivity index (χ0n) is 14.5.